The number of hydrazine groups is 1. The molecule has 0 atom stereocenters. The molecule has 0 amide bonds. The summed E-state index contributed by atoms with van der Waals surface area (Å²) in [5.41, 5.74) is 5.71. The van der Waals surface area contributed by atoms with Gasteiger partial charge in [0.25, 0.3) is 0 Å². The van der Waals surface area contributed by atoms with Gasteiger partial charge in [0.2, 0.25) is 10.0 Å². The van der Waals surface area contributed by atoms with Crippen LogP contribution < -0.4 is 16.2 Å². The van der Waals surface area contributed by atoms with Crippen molar-refractivity contribution in [1.82, 2.24) is 15.2 Å². The highest BCUT2D eigenvalue weighted by molar-refractivity contribution is 7.89. The smallest absolute Gasteiger partial charge is 0.243 e. The number of halogens is 1. The maximum Gasteiger partial charge on any atom is 0.243 e. The number of benzene rings is 1. The maximum absolute atomic E-state index is 12.7. The van der Waals surface area contributed by atoms with E-state index >= 15 is 0 Å². The zero-order valence-corrected chi connectivity index (χ0v) is 15.2. The van der Waals surface area contributed by atoms with Crippen LogP contribution in [-0.4, -0.2) is 62.4 Å². The Kier molecular flexibility index (Phi) is 7.16. The summed E-state index contributed by atoms with van der Waals surface area (Å²) >= 11 is 11.2. The highest BCUT2D eigenvalue weighted by Gasteiger charge is 2.26. The summed E-state index contributed by atoms with van der Waals surface area (Å²) in [4.78, 5) is 0.127. The quantitative estimate of drug-likeness (QED) is 0.307. The van der Waals surface area contributed by atoms with Gasteiger partial charge in [-0.25, -0.2) is 13.8 Å². The zero-order valence-electron chi connectivity index (χ0n) is 12.8. The Morgan fingerprint density at radius 3 is 2.75 bits per heavy atom. The lowest BCUT2D eigenvalue weighted by Crippen LogP contribution is -2.41. The van der Waals surface area contributed by atoms with Gasteiger partial charge in [-0.05, 0) is 30.4 Å². The molecule has 0 aromatic heterocycles. The summed E-state index contributed by atoms with van der Waals surface area (Å²) in [5, 5.41) is 12.1. The minimum absolute atomic E-state index is 0.0519. The molecular formula is C13H19ClN4O4S2. The predicted molar refractivity (Wildman–Crippen MR) is 95.5 cm³/mol. The van der Waals surface area contributed by atoms with E-state index in [1.54, 1.807) is 0 Å². The Morgan fingerprint density at radius 1 is 1.38 bits per heavy atom. The zero-order chi connectivity index (χ0) is 17.6. The standard InChI is InChI=1S/C13H19ClN4O4S2/c14-11-2-1-10(24(20,21)18-4-7-22-8-5-18)9-12(11)16-13(23)17-15-3-6-19/h1-2,9,15,19H,3-8H2,(H2,16,17,23). The van der Waals surface area contributed by atoms with E-state index in [2.05, 4.69) is 16.2 Å². The summed E-state index contributed by atoms with van der Waals surface area (Å²) in [7, 11) is -3.62. The van der Waals surface area contributed by atoms with E-state index in [1.165, 1.54) is 22.5 Å². The number of hydrogen-bond acceptors (Lipinski definition) is 6. The van der Waals surface area contributed by atoms with Crippen molar-refractivity contribution in [3.05, 3.63) is 23.2 Å². The predicted octanol–water partition coefficient (Wildman–Crippen LogP) is 0.144. The van der Waals surface area contributed by atoms with E-state index < -0.39 is 10.0 Å². The first kappa shape index (κ1) is 19.3. The average molecular weight is 395 g/mol. The molecule has 0 aliphatic carbocycles. The Hall–Kier alpha value is -1.01. The fourth-order valence-electron chi connectivity index (χ4n) is 2.05. The number of nitrogens with one attached hydrogen (secondary N) is 3. The second kappa shape index (κ2) is 8.90. The third kappa shape index (κ3) is 4.99. The summed E-state index contributed by atoms with van der Waals surface area (Å²) in [6.07, 6.45) is 0. The number of sulfonamides is 1. The number of aliphatic hydroxyl groups is 1. The van der Waals surface area contributed by atoms with Crippen LogP contribution in [0.3, 0.4) is 0 Å². The van der Waals surface area contributed by atoms with Gasteiger partial charge in [0.15, 0.2) is 5.11 Å². The van der Waals surface area contributed by atoms with Crippen molar-refractivity contribution in [2.45, 2.75) is 4.90 Å². The van der Waals surface area contributed by atoms with E-state index in [4.69, 9.17) is 33.7 Å². The van der Waals surface area contributed by atoms with Gasteiger partial charge in [-0.3, -0.25) is 5.43 Å². The Morgan fingerprint density at radius 2 is 2.08 bits per heavy atom. The van der Waals surface area contributed by atoms with Crippen LogP contribution in [0.1, 0.15) is 0 Å². The monoisotopic (exact) mass is 394 g/mol. The first-order chi connectivity index (χ1) is 11.4. The molecule has 0 bridgehead atoms. The van der Waals surface area contributed by atoms with Gasteiger partial charge < -0.3 is 15.2 Å². The third-order valence-corrected chi connectivity index (χ3v) is 5.66. The van der Waals surface area contributed by atoms with Gasteiger partial charge in [0.05, 0.1) is 35.4 Å². The van der Waals surface area contributed by atoms with Gasteiger partial charge in [0.1, 0.15) is 0 Å². The van der Waals surface area contributed by atoms with E-state index in [-0.39, 0.29) is 16.6 Å². The van der Waals surface area contributed by atoms with Crippen molar-refractivity contribution >= 4 is 44.6 Å². The van der Waals surface area contributed by atoms with Crippen LogP contribution in [0.15, 0.2) is 23.1 Å². The molecule has 2 rings (SSSR count). The van der Waals surface area contributed by atoms with Gasteiger partial charge in [-0.15, -0.1) is 0 Å². The fraction of sp³-hybridized carbons (Fsp3) is 0.462. The van der Waals surface area contributed by atoms with Crippen LogP contribution in [0.4, 0.5) is 5.69 Å². The third-order valence-electron chi connectivity index (χ3n) is 3.23. The van der Waals surface area contributed by atoms with Gasteiger partial charge in [-0.1, -0.05) is 11.6 Å². The maximum atomic E-state index is 12.7. The Bertz CT molecular complexity index is 681. The molecule has 1 saturated heterocycles. The topological polar surface area (TPSA) is 103 Å². The lowest BCUT2D eigenvalue weighted by molar-refractivity contribution is 0.0730. The van der Waals surface area contributed by atoms with Crippen LogP contribution in [0, 0.1) is 0 Å². The number of aliphatic hydroxyl groups excluding tert-OH is 1. The van der Waals surface area contributed by atoms with Crippen molar-refractivity contribution in [3.8, 4) is 0 Å². The first-order valence-electron chi connectivity index (χ1n) is 7.23. The highest BCUT2D eigenvalue weighted by atomic mass is 35.5. The molecule has 1 aliphatic rings. The molecule has 1 aromatic carbocycles. The van der Waals surface area contributed by atoms with Gasteiger partial charge in [0, 0.05) is 19.6 Å². The van der Waals surface area contributed by atoms with Gasteiger partial charge >= 0.3 is 0 Å². The number of nitrogens with zero attached hydrogens (tertiary/aromatic N) is 1. The van der Waals surface area contributed by atoms with Crippen molar-refractivity contribution in [1.29, 1.82) is 0 Å². The number of rotatable bonds is 6. The van der Waals surface area contributed by atoms with Crippen molar-refractivity contribution in [3.63, 3.8) is 0 Å². The summed E-state index contributed by atoms with van der Waals surface area (Å²) in [6, 6.07) is 4.40. The number of ether oxygens (including phenoxy) is 1. The number of anilines is 1. The summed E-state index contributed by atoms with van der Waals surface area (Å²) < 4.78 is 31.9. The van der Waals surface area contributed by atoms with E-state index in [0.29, 0.717) is 43.6 Å². The second-order valence-electron chi connectivity index (χ2n) is 4.89. The molecule has 8 nitrogen and oxygen atoms in total. The Balaban J connectivity index is 2.14. The number of hydrogen-bond donors (Lipinski definition) is 4. The molecule has 0 spiro atoms. The molecule has 0 radical (unpaired) electrons. The molecular weight excluding hydrogens is 376 g/mol. The minimum atomic E-state index is -3.62. The molecule has 1 fully saturated rings. The first-order valence-corrected chi connectivity index (χ1v) is 9.46. The van der Waals surface area contributed by atoms with Gasteiger partial charge in [-0.2, -0.15) is 4.31 Å². The molecule has 11 heteroatoms. The van der Waals surface area contributed by atoms with E-state index in [1.807, 2.05) is 0 Å². The van der Waals surface area contributed by atoms with Crippen LogP contribution >= 0.6 is 23.8 Å². The summed E-state index contributed by atoms with van der Waals surface area (Å²) in [5.74, 6) is 0. The van der Waals surface area contributed by atoms with Crippen molar-refractivity contribution in [2.75, 3.05) is 44.8 Å². The fourth-order valence-corrected chi connectivity index (χ4v) is 3.83. The molecule has 0 saturated carbocycles. The molecule has 1 aliphatic heterocycles. The lowest BCUT2D eigenvalue weighted by atomic mass is 10.3. The van der Waals surface area contributed by atoms with Crippen molar-refractivity contribution < 1.29 is 18.3 Å². The molecule has 4 N–H and O–H groups in total. The number of morpholine rings is 1. The van der Waals surface area contributed by atoms with Crippen LogP contribution in [0.25, 0.3) is 0 Å². The van der Waals surface area contributed by atoms with Crippen LogP contribution in [0.5, 0.6) is 0 Å². The summed E-state index contributed by atoms with van der Waals surface area (Å²) in [6.45, 7) is 1.65. The van der Waals surface area contributed by atoms with E-state index in [9.17, 15) is 8.42 Å². The molecule has 134 valence electrons. The molecule has 24 heavy (non-hydrogen) atoms. The minimum Gasteiger partial charge on any atom is -0.395 e. The van der Waals surface area contributed by atoms with Crippen LogP contribution in [-0.2, 0) is 14.8 Å². The highest BCUT2D eigenvalue weighted by Crippen LogP contribution is 2.27. The normalized spacial score (nSPS) is 15.9. The average Bonchev–Trinajstić information content (AvgIpc) is 2.58. The van der Waals surface area contributed by atoms with Crippen molar-refractivity contribution in [2.24, 2.45) is 0 Å². The second-order valence-corrected chi connectivity index (χ2v) is 7.64. The number of thiocarbonyl (C=S) groups is 1. The van der Waals surface area contributed by atoms with Crippen LogP contribution in [0.2, 0.25) is 5.02 Å². The Labute approximate surface area is 151 Å². The van der Waals surface area contributed by atoms with E-state index in [0.717, 1.165) is 0 Å². The largest absolute Gasteiger partial charge is 0.395 e. The molecule has 0 unspecified atom stereocenters. The SMILES string of the molecule is O=S(=O)(c1ccc(Cl)c(NC(=S)NNCCO)c1)N1CCOCC1. The molecule has 1 heterocycles. The lowest BCUT2D eigenvalue weighted by Gasteiger charge is -2.26. The molecule has 1 aromatic rings.